The smallest absolute Gasteiger partial charge is 0.255 e. The Morgan fingerprint density at radius 3 is 2.57 bits per heavy atom. The Morgan fingerprint density at radius 1 is 1.14 bits per heavy atom. The molecule has 0 aliphatic carbocycles. The van der Waals surface area contributed by atoms with Crippen molar-refractivity contribution in [3.05, 3.63) is 30.1 Å². The van der Waals surface area contributed by atoms with Gasteiger partial charge in [0.2, 0.25) is 0 Å². The monoisotopic (exact) mass is 388 g/mol. The van der Waals surface area contributed by atoms with Gasteiger partial charge in [-0.2, -0.15) is 0 Å². The molecule has 0 spiro atoms. The fraction of sp³-hybridized carbons (Fsp3) is 0.714. The summed E-state index contributed by atoms with van der Waals surface area (Å²) in [5.41, 5.74) is 0.674. The van der Waals surface area contributed by atoms with Crippen LogP contribution < -0.4 is 0 Å². The first-order valence-corrected chi connectivity index (χ1v) is 10.6. The molecule has 4 heterocycles. The number of nitrogens with zero attached hydrogens (tertiary/aromatic N) is 4. The Labute approximate surface area is 167 Å². The summed E-state index contributed by atoms with van der Waals surface area (Å²) in [5, 5.41) is 9.89. The van der Waals surface area contributed by atoms with Crippen LogP contribution in [0.2, 0.25) is 0 Å². The molecule has 0 unspecified atom stereocenters. The highest BCUT2D eigenvalue weighted by molar-refractivity contribution is 5.93. The lowest BCUT2D eigenvalue weighted by Crippen LogP contribution is -2.46. The SMILES string of the molecule is O=C(c1cccnc1)N1CCC(N2C[C@@H](CO)[C@@H](CN3CCOCC3)C2)CC1. The van der Waals surface area contributed by atoms with E-state index in [1.165, 1.54) is 0 Å². The quantitative estimate of drug-likeness (QED) is 0.795. The van der Waals surface area contributed by atoms with Gasteiger partial charge in [-0.25, -0.2) is 0 Å². The van der Waals surface area contributed by atoms with Crippen molar-refractivity contribution < 1.29 is 14.6 Å². The van der Waals surface area contributed by atoms with E-state index >= 15 is 0 Å². The lowest BCUT2D eigenvalue weighted by Gasteiger charge is -2.37. The highest BCUT2D eigenvalue weighted by Gasteiger charge is 2.38. The van der Waals surface area contributed by atoms with Crippen molar-refractivity contribution in [2.24, 2.45) is 11.8 Å². The number of hydrogen-bond acceptors (Lipinski definition) is 6. The van der Waals surface area contributed by atoms with E-state index in [-0.39, 0.29) is 12.5 Å². The van der Waals surface area contributed by atoms with Gasteiger partial charge in [0.05, 0.1) is 18.8 Å². The number of morpholine rings is 1. The normalized spacial score (nSPS) is 28.0. The number of carbonyl (C=O) groups excluding carboxylic acids is 1. The number of amides is 1. The molecule has 0 bridgehead atoms. The Kier molecular flexibility index (Phi) is 6.57. The number of pyridine rings is 1. The molecular weight excluding hydrogens is 356 g/mol. The first-order chi connectivity index (χ1) is 13.7. The summed E-state index contributed by atoms with van der Waals surface area (Å²) in [6.45, 7) is 8.61. The molecule has 4 rings (SSSR count). The van der Waals surface area contributed by atoms with Gasteiger partial charge in [0.1, 0.15) is 0 Å². The van der Waals surface area contributed by atoms with Gasteiger partial charge in [-0.3, -0.25) is 19.6 Å². The average Bonchev–Trinajstić information content (AvgIpc) is 3.17. The summed E-state index contributed by atoms with van der Waals surface area (Å²) in [4.78, 5) is 23.7. The van der Waals surface area contributed by atoms with Crippen molar-refractivity contribution in [3.63, 3.8) is 0 Å². The van der Waals surface area contributed by atoms with Gasteiger partial charge < -0.3 is 14.7 Å². The molecule has 3 fully saturated rings. The molecule has 7 nitrogen and oxygen atoms in total. The molecule has 7 heteroatoms. The summed E-state index contributed by atoms with van der Waals surface area (Å²) in [5.74, 6) is 0.974. The minimum atomic E-state index is 0.0893. The van der Waals surface area contributed by atoms with Gasteiger partial charge in [0.25, 0.3) is 5.91 Å². The number of carbonyl (C=O) groups is 1. The standard InChI is InChI=1S/C21H32N4O3/c26-16-19-15-25(14-18(19)13-23-8-10-28-11-9-23)20-3-6-24(7-4-20)21(27)17-2-1-5-22-12-17/h1-2,5,12,18-20,26H,3-4,6-11,13-16H2/t18-,19-/m0/s1. The Balaban J connectivity index is 1.29. The second-order valence-corrected chi connectivity index (χ2v) is 8.33. The summed E-state index contributed by atoms with van der Waals surface area (Å²) < 4.78 is 5.46. The van der Waals surface area contributed by atoms with Crippen LogP contribution in [-0.2, 0) is 4.74 Å². The number of piperidine rings is 1. The third-order valence-electron chi connectivity index (χ3n) is 6.61. The zero-order valence-corrected chi connectivity index (χ0v) is 16.6. The maximum absolute atomic E-state index is 12.6. The molecule has 28 heavy (non-hydrogen) atoms. The summed E-state index contributed by atoms with van der Waals surface area (Å²) >= 11 is 0. The number of ether oxygens (including phenoxy) is 1. The van der Waals surface area contributed by atoms with Gasteiger partial charge >= 0.3 is 0 Å². The molecule has 1 N–H and O–H groups in total. The lowest BCUT2D eigenvalue weighted by atomic mass is 9.96. The van der Waals surface area contributed by atoms with Crippen LogP contribution in [0.25, 0.3) is 0 Å². The van der Waals surface area contributed by atoms with Crippen LogP contribution in [0.5, 0.6) is 0 Å². The summed E-state index contributed by atoms with van der Waals surface area (Å²) in [6.07, 6.45) is 5.36. The second kappa shape index (κ2) is 9.31. The second-order valence-electron chi connectivity index (χ2n) is 8.33. The van der Waals surface area contributed by atoms with Crippen LogP contribution in [-0.4, -0.2) is 102 Å². The maximum Gasteiger partial charge on any atom is 0.255 e. The molecule has 3 aliphatic heterocycles. The highest BCUT2D eigenvalue weighted by Crippen LogP contribution is 2.29. The zero-order valence-electron chi connectivity index (χ0n) is 16.6. The number of likely N-dealkylation sites (tertiary alicyclic amines) is 2. The molecule has 1 amide bonds. The van der Waals surface area contributed by atoms with E-state index in [4.69, 9.17) is 4.74 Å². The summed E-state index contributed by atoms with van der Waals surface area (Å²) in [7, 11) is 0. The highest BCUT2D eigenvalue weighted by atomic mass is 16.5. The minimum Gasteiger partial charge on any atom is -0.396 e. The van der Waals surface area contributed by atoms with Crippen molar-refractivity contribution in [1.29, 1.82) is 0 Å². The lowest BCUT2D eigenvalue weighted by molar-refractivity contribution is 0.0261. The minimum absolute atomic E-state index is 0.0893. The van der Waals surface area contributed by atoms with Crippen molar-refractivity contribution in [3.8, 4) is 0 Å². The van der Waals surface area contributed by atoms with Gasteiger partial charge in [-0.1, -0.05) is 0 Å². The maximum atomic E-state index is 12.6. The first kappa shape index (κ1) is 19.8. The third kappa shape index (κ3) is 4.54. The van der Waals surface area contributed by atoms with E-state index in [0.717, 1.165) is 71.9 Å². The van der Waals surface area contributed by atoms with Crippen LogP contribution in [0.15, 0.2) is 24.5 Å². The van der Waals surface area contributed by atoms with E-state index < -0.39 is 0 Å². The Hall–Kier alpha value is -1.54. The third-order valence-corrected chi connectivity index (χ3v) is 6.61. The fourth-order valence-electron chi connectivity index (χ4n) is 4.91. The predicted octanol–water partition coefficient (Wildman–Crippen LogP) is 0.559. The molecule has 154 valence electrons. The van der Waals surface area contributed by atoms with Gasteiger partial charge in [0, 0.05) is 70.9 Å². The van der Waals surface area contributed by atoms with Crippen molar-refractivity contribution in [2.75, 3.05) is 65.6 Å². The van der Waals surface area contributed by atoms with Crippen LogP contribution in [0, 0.1) is 11.8 Å². The molecule has 2 atom stereocenters. The molecular formula is C21H32N4O3. The molecule has 0 saturated carbocycles. The molecule has 1 aromatic rings. The zero-order chi connectivity index (χ0) is 19.3. The molecule has 1 aromatic heterocycles. The van der Waals surface area contributed by atoms with Gasteiger partial charge in [-0.15, -0.1) is 0 Å². The average molecular weight is 389 g/mol. The van der Waals surface area contributed by atoms with Crippen LogP contribution in [0.3, 0.4) is 0 Å². The molecule has 0 radical (unpaired) electrons. The number of aromatic nitrogens is 1. The molecule has 0 aromatic carbocycles. The van der Waals surface area contributed by atoms with E-state index in [9.17, 15) is 9.90 Å². The van der Waals surface area contributed by atoms with Crippen molar-refractivity contribution >= 4 is 5.91 Å². The van der Waals surface area contributed by atoms with E-state index in [1.807, 2.05) is 17.0 Å². The number of aliphatic hydroxyl groups excluding tert-OH is 1. The van der Waals surface area contributed by atoms with Gasteiger partial charge in [-0.05, 0) is 36.8 Å². The molecule has 3 aliphatic rings. The van der Waals surface area contributed by atoms with Gasteiger partial charge in [0.15, 0.2) is 0 Å². The van der Waals surface area contributed by atoms with Crippen LogP contribution in [0.4, 0.5) is 0 Å². The van der Waals surface area contributed by atoms with Crippen molar-refractivity contribution in [2.45, 2.75) is 18.9 Å². The van der Waals surface area contributed by atoms with E-state index in [0.29, 0.717) is 23.4 Å². The fourth-order valence-corrected chi connectivity index (χ4v) is 4.91. The largest absolute Gasteiger partial charge is 0.396 e. The summed E-state index contributed by atoms with van der Waals surface area (Å²) in [6, 6.07) is 4.17. The Morgan fingerprint density at radius 2 is 1.89 bits per heavy atom. The topological polar surface area (TPSA) is 69.1 Å². The van der Waals surface area contributed by atoms with Crippen molar-refractivity contribution in [1.82, 2.24) is 19.7 Å². The number of aliphatic hydroxyl groups is 1. The van der Waals surface area contributed by atoms with Crippen LogP contribution >= 0.6 is 0 Å². The number of rotatable bonds is 5. The van der Waals surface area contributed by atoms with Crippen LogP contribution in [0.1, 0.15) is 23.2 Å². The molecule has 3 saturated heterocycles. The predicted molar refractivity (Wildman–Crippen MR) is 106 cm³/mol. The number of hydrogen-bond donors (Lipinski definition) is 1. The first-order valence-electron chi connectivity index (χ1n) is 10.6. The van der Waals surface area contributed by atoms with E-state index in [1.54, 1.807) is 12.4 Å². The Bertz CT molecular complexity index is 630. The van der Waals surface area contributed by atoms with E-state index in [2.05, 4.69) is 14.8 Å².